The van der Waals surface area contributed by atoms with Crippen molar-refractivity contribution in [1.82, 2.24) is 14.7 Å². The van der Waals surface area contributed by atoms with Gasteiger partial charge >= 0.3 is 7.12 Å². The number of rotatable bonds is 2. The molecule has 0 atom stereocenters. The number of piperidine rings is 1. The third-order valence-electron chi connectivity index (χ3n) is 6.81. The number of hydrogen-bond donors (Lipinski definition) is 0. The van der Waals surface area contributed by atoms with Crippen LogP contribution < -0.4 is 5.46 Å². The normalized spacial score (nSPS) is 28.4. The summed E-state index contributed by atoms with van der Waals surface area (Å²) in [5.41, 5.74) is 0.647. The van der Waals surface area contributed by atoms with E-state index in [4.69, 9.17) is 9.31 Å². The predicted molar refractivity (Wildman–Crippen MR) is 102 cm³/mol. The van der Waals surface area contributed by atoms with Crippen LogP contribution in [-0.4, -0.2) is 51.1 Å². The summed E-state index contributed by atoms with van der Waals surface area (Å²) >= 11 is 0. The summed E-state index contributed by atoms with van der Waals surface area (Å²) in [4.78, 5) is 2.50. The second-order valence-corrected chi connectivity index (χ2v) is 10.1. The van der Waals surface area contributed by atoms with Crippen LogP contribution in [0.2, 0.25) is 0 Å². The molecule has 6 heteroatoms. The van der Waals surface area contributed by atoms with E-state index >= 15 is 0 Å². The largest absolute Gasteiger partial charge is 0.498 e. The van der Waals surface area contributed by atoms with Crippen LogP contribution in [0.25, 0.3) is 0 Å². The molecule has 5 nitrogen and oxygen atoms in total. The molecule has 0 bridgehead atoms. The lowest BCUT2D eigenvalue weighted by Crippen LogP contribution is -2.58. The van der Waals surface area contributed by atoms with E-state index in [1.54, 1.807) is 0 Å². The van der Waals surface area contributed by atoms with E-state index in [0.717, 1.165) is 18.3 Å². The molecule has 140 valence electrons. The molecular weight excluding hydrogens is 313 g/mol. The molecule has 0 amide bonds. The van der Waals surface area contributed by atoms with Crippen LogP contribution in [-0.2, 0) is 9.31 Å². The number of hydrogen-bond acceptors (Lipinski definition) is 4. The van der Waals surface area contributed by atoms with E-state index in [9.17, 15) is 0 Å². The van der Waals surface area contributed by atoms with Gasteiger partial charge in [0.1, 0.15) is 0 Å². The van der Waals surface area contributed by atoms with Crippen molar-refractivity contribution in [3.63, 3.8) is 0 Å². The zero-order chi connectivity index (χ0) is 18.8. The van der Waals surface area contributed by atoms with Gasteiger partial charge in [-0.1, -0.05) is 0 Å². The highest BCUT2D eigenvalue weighted by atomic mass is 16.7. The molecule has 0 N–H and O–H groups in total. The molecule has 0 unspecified atom stereocenters. The molecule has 0 saturated carbocycles. The molecule has 1 aromatic rings. The van der Waals surface area contributed by atoms with Crippen molar-refractivity contribution < 1.29 is 9.31 Å². The first kappa shape index (κ1) is 18.9. The van der Waals surface area contributed by atoms with Crippen molar-refractivity contribution in [2.24, 2.45) is 0 Å². The minimum absolute atomic E-state index is 0.142. The van der Waals surface area contributed by atoms with Crippen molar-refractivity contribution in [1.29, 1.82) is 0 Å². The maximum Gasteiger partial charge on any atom is 0.498 e. The Labute approximate surface area is 153 Å². The molecule has 2 aliphatic rings. The van der Waals surface area contributed by atoms with E-state index in [1.165, 1.54) is 0 Å². The third kappa shape index (κ3) is 3.17. The Kier molecular flexibility index (Phi) is 4.22. The average molecular weight is 347 g/mol. The maximum absolute atomic E-state index is 6.17. The summed E-state index contributed by atoms with van der Waals surface area (Å²) in [6, 6.07) is 0.386. The molecule has 0 spiro atoms. The summed E-state index contributed by atoms with van der Waals surface area (Å²) in [6.45, 7) is 17.6. The Morgan fingerprint density at radius 2 is 1.44 bits per heavy atom. The van der Waals surface area contributed by atoms with Gasteiger partial charge in [0.2, 0.25) is 0 Å². The van der Waals surface area contributed by atoms with Gasteiger partial charge in [0.15, 0.2) is 0 Å². The fourth-order valence-corrected chi connectivity index (χ4v) is 4.16. The molecule has 0 aromatic carbocycles. The van der Waals surface area contributed by atoms with Gasteiger partial charge in [0.25, 0.3) is 0 Å². The van der Waals surface area contributed by atoms with E-state index in [1.807, 2.05) is 6.20 Å². The first-order valence-electron chi connectivity index (χ1n) is 9.39. The third-order valence-corrected chi connectivity index (χ3v) is 6.81. The smallest absolute Gasteiger partial charge is 0.399 e. The fourth-order valence-electron chi connectivity index (χ4n) is 4.16. The Morgan fingerprint density at radius 3 is 1.92 bits per heavy atom. The average Bonchev–Trinajstić information content (AvgIpc) is 2.99. The molecule has 2 fully saturated rings. The first-order chi connectivity index (χ1) is 11.3. The fraction of sp³-hybridized carbons (Fsp3) is 0.842. The summed E-state index contributed by atoms with van der Waals surface area (Å²) in [5.74, 6) is 0. The van der Waals surface area contributed by atoms with Gasteiger partial charge in [-0.15, -0.1) is 0 Å². The van der Waals surface area contributed by atoms with Gasteiger partial charge < -0.3 is 9.31 Å². The molecular formula is C19H34BN3O2. The zero-order valence-corrected chi connectivity index (χ0v) is 17.4. The van der Waals surface area contributed by atoms with Gasteiger partial charge in [-0.3, -0.25) is 9.58 Å². The lowest BCUT2D eigenvalue weighted by Gasteiger charge is -2.53. The van der Waals surface area contributed by atoms with E-state index in [2.05, 4.69) is 83.3 Å². The lowest BCUT2D eigenvalue weighted by molar-refractivity contribution is -0.0285. The monoisotopic (exact) mass is 347 g/mol. The van der Waals surface area contributed by atoms with E-state index < -0.39 is 0 Å². The zero-order valence-electron chi connectivity index (χ0n) is 17.4. The number of nitrogens with zero attached hydrogens (tertiary/aromatic N) is 3. The van der Waals surface area contributed by atoms with Crippen LogP contribution in [0.1, 0.15) is 74.3 Å². The van der Waals surface area contributed by atoms with Gasteiger partial charge in [-0.25, -0.2) is 0 Å². The van der Waals surface area contributed by atoms with Gasteiger partial charge in [-0.05, 0) is 75.3 Å². The maximum atomic E-state index is 6.17. The molecule has 3 rings (SSSR count). The van der Waals surface area contributed by atoms with Crippen LogP contribution >= 0.6 is 0 Å². The highest BCUT2D eigenvalue weighted by molar-refractivity contribution is 6.62. The van der Waals surface area contributed by atoms with Gasteiger partial charge in [0.05, 0.1) is 17.2 Å². The molecule has 1 aromatic heterocycles. The predicted octanol–water partition coefficient (Wildman–Crippen LogP) is 3.01. The van der Waals surface area contributed by atoms with Crippen LogP contribution in [0, 0.1) is 0 Å². The van der Waals surface area contributed by atoms with Crippen molar-refractivity contribution in [3.05, 3.63) is 12.4 Å². The van der Waals surface area contributed by atoms with Gasteiger partial charge in [0, 0.05) is 28.9 Å². The summed E-state index contributed by atoms with van der Waals surface area (Å²) in [5, 5.41) is 4.67. The number of likely N-dealkylation sites (tertiary alicyclic amines) is 1. The van der Waals surface area contributed by atoms with Crippen molar-refractivity contribution in [2.75, 3.05) is 7.05 Å². The van der Waals surface area contributed by atoms with Crippen LogP contribution in [0.5, 0.6) is 0 Å². The van der Waals surface area contributed by atoms with Crippen molar-refractivity contribution >= 4 is 12.6 Å². The summed E-state index contributed by atoms with van der Waals surface area (Å²) < 4.78 is 14.5. The molecule has 0 aliphatic carbocycles. The second-order valence-electron chi connectivity index (χ2n) is 10.1. The Bertz CT molecular complexity index is 617. The van der Waals surface area contributed by atoms with E-state index in [0.29, 0.717) is 6.04 Å². The molecule has 3 heterocycles. The van der Waals surface area contributed by atoms with Crippen molar-refractivity contribution in [3.8, 4) is 0 Å². The SMILES string of the molecule is CN1C(C)(C)CC(n2cc(B3OC(C)(C)C(C)(C)O3)cn2)CC1(C)C. The first-order valence-corrected chi connectivity index (χ1v) is 9.39. The summed E-state index contributed by atoms with van der Waals surface area (Å²) in [6.07, 6.45) is 6.18. The lowest BCUT2D eigenvalue weighted by atomic mass is 9.77. The van der Waals surface area contributed by atoms with Crippen molar-refractivity contribution in [2.45, 2.75) is 96.6 Å². The van der Waals surface area contributed by atoms with Crippen LogP contribution in [0.15, 0.2) is 12.4 Å². The van der Waals surface area contributed by atoms with Crippen LogP contribution in [0.3, 0.4) is 0 Å². The summed E-state index contributed by atoms with van der Waals surface area (Å²) in [7, 11) is 1.89. The van der Waals surface area contributed by atoms with Crippen LogP contribution in [0.4, 0.5) is 0 Å². The minimum Gasteiger partial charge on any atom is -0.399 e. The van der Waals surface area contributed by atoms with Gasteiger partial charge in [-0.2, -0.15) is 5.10 Å². The quantitative estimate of drug-likeness (QED) is 0.771. The minimum atomic E-state index is -0.342. The highest BCUT2D eigenvalue weighted by Crippen LogP contribution is 2.42. The molecule has 2 saturated heterocycles. The second kappa shape index (κ2) is 5.57. The molecule has 0 radical (unpaired) electrons. The number of aromatic nitrogens is 2. The topological polar surface area (TPSA) is 39.5 Å². The highest BCUT2D eigenvalue weighted by Gasteiger charge is 2.52. The standard InChI is InChI=1S/C19H34BN3O2/c1-16(2)10-15(11-17(3,4)22(16)9)23-13-14(12-21-23)20-24-18(5,6)19(7,8)25-20/h12-13,15H,10-11H2,1-9H3. The van der Waals surface area contributed by atoms with E-state index in [-0.39, 0.29) is 29.4 Å². The molecule has 25 heavy (non-hydrogen) atoms. The molecule has 2 aliphatic heterocycles. The Hall–Kier alpha value is -0.845. The Morgan fingerprint density at radius 1 is 0.960 bits per heavy atom. The Balaban J connectivity index is 1.81.